The van der Waals surface area contributed by atoms with Gasteiger partial charge < -0.3 is 4.90 Å². The number of Topliss-reactive ketones (excluding diaryl/α,β-unsaturated/α-hetero) is 2. The molecule has 0 aromatic heterocycles. The van der Waals surface area contributed by atoms with E-state index in [9.17, 15) is 9.59 Å². The second kappa shape index (κ2) is 7.88. The first-order chi connectivity index (χ1) is 18.4. The number of nitrogens with zero attached hydrogens (tertiary/aromatic N) is 1. The number of ketones is 2. The molecule has 0 bridgehead atoms. The lowest BCUT2D eigenvalue weighted by Crippen LogP contribution is -2.59. The van der Waals surface area contributed by atoms with Crippen LogP contribution in [-0.2, 0) is 27.0 Å². The fraction of sp³-hybridized carbons (Fsp3) is 0.200. The summed E-state index contributed by atoms with van der Waals surface area (Å²) in [5.74, 6) is -0.120. The van der Waals surface area contributed by atoms with Crippen molar-refractivity contribution in [1.29, 1.82) is 0 Å². The van der Waals surface area contributed by atoms with Crippen molar-refractivity contribution in [2.45, 2.75) is 38.1 Å². The van der Waals surface area contributed by atoms with Gasteiger partial charge in [0.2, 0.25) is 0 Å². The van der Waals surface area contributed by atoms with Gasteiger partial charge in [-0.05, 0) is 59.2 Å². The van der Waals surface area contributed by atoms with Gasteiger partial charge in [-0.1, -0.05) is 103 Å². The third-order valence-electron chi connectivity index (χ3n) is 8.95. The Bertz CT molecular complexity index is 1650. The molecule has 0 saturated heterocycles. The molecule has 7 rings (SSSR count). The predicted molar refractivity (Wildman–Crippen MR) is 150 cm³/mol. The number of carbonyl (C=O) groups is 2. The average Bonchev–Trinajstić information content (AvgIpc) is 3.39. The van der Waals surface area contributed by atoms with E-state index < -0.39 is 11.0 Å². The highest BCUT2D eigenvalue weighted by atomic mass is 16.1. The van der Waals surface area contributed by atoms with Crippen molar-refractivity contribution < 1.29 is 9.59 Å². The summed E-state index contributed by atoms with van der Waals surface area (Å²) in [5.41, 5.74) is 8.59. The van der Waals surface area contributed by atoms with Crippen molar-refractivity contribution >= 4 is 11.6 Å². The van der Waals surface area contributed by atoms with Crippen molar-refractivity contribution in [2.24, 2.45) is 0 Å². The Morgan fingerprint density at radius 2 is 1.24 bits per heavy atom. The minimum Gasteiger partial charge on any atom is -0.353 e. The Balaban J connectivity index is 1.79. The van der Waals surface area contributed by atoms with Crippen LogP contribution < -0.4 is 0 Å². The molecule has 1 atom stereocenters. The zero-order chi connectivity index (χ0) is 26.2. The number of benzene rings is 4. The van der Waals surface area contributed by atoms with Gasteiger partial charge in [-0.15, -0.1) is 0 Å². The highest BCUT2D eigenvalue weighted by Gasteiger charge is 2.71. The van der Waals surface area contributed by atoms with Crippen LogP contribution in [0.25, 0.3) is 11.1 Å². The van der Waals surface area contributed by atoms with Gasteiger partial charge in [0.25, 0.3) is 0 Å². The van der Waals surface area contributed by atoms with E-state index in [0.29, 0.717) is 17.8 Å². The molecule has 4 aromatic rings. The molecule has 0 amide bonds. The molecule has 186 valence electrons. The van der Waals surface area contributed by atoms with Crippen molar-refractivity contribution in [2.75, 3.05) is 6.54 Å². The molecule has 2 aliphatic heterocycles. The number of hydrogen-bond donors (Lipinski definition) is 0. The lowest BCUT2D eigenvalue weighted by molar-refractivity contribution is -0.117. The Labute approximate surface area is 223 Å². The fourth-order valence-corrected chi connectivity index (χ4v) is 7.83. The lowest BCUT2D eigenvalue weighted by Gasteiger charge is -2.55. The molecule has 1 aliphatic carbocycles. The van der Waals surface area contributed by atoms with E-state index in [1.165, 1.54) is 11.1 Å². The highest BCUT2D eigenvalue weighted by molar-refractivity contribution is 6.11. The maximum absolute atomic E-state index is 14.0. The summed E-state index contributed by atoms with van der Waals surface area (Å²) in [5, 5.41) is 0. The van der Waals surface area contributed by atoms with Crippen LogP contribution >= 0.6 is 0 Å². The molecular formula is C35H29NO2. The van der Waals surface area contributed by atoms with Crippen LogP contribution in [-0.4, -0.2) is 23.0 Å². The van der Waals surface area contributed by atoms with Crippen LogP contribution in [0.1, 0.15) is 47.2 Å². The number of aryl methyl sites for hydroxylation is 1. The van der Waals surface area contributed by atoms with E-state index in [4.69, 9.17) is 0 Å². The fourth-order valence-electron chi connectivity index (χ4n) is 7.83. The number of fused-ring (bicyclic) bond motifs is 9. The molecule has 1 spiro atoms. The zero-order valence-corrected chi connectivity index (χ0v) is 21.9. The maximum Gasteiger partial charge on any atom is 0.176 e. The normalized spacial score (nSPS) is 20.1. The average molecular weight is 496 g/mol. The third-order valence-corrected chi connectivity index (χ3v) is 8.95. The van der Waals surface area contributed by atoms with Gasteiger partial charge in [0.15, 0.2) is 11.6 Å². The Morgan fingerprint density at radius 3 is 1.82 bits per heavy atom. The topological polar surface area (TPSA) is 37.4 Å². The van der Waals surface area contributed by atoms with E-state index in [-0.39, 0.29) is 11.6 Å². The summed E-state index contributed by atoms with van der Waals surface area (Å²) in [7, 11) is 0. The van der Waals surface area contributed by atoms with Gasteiger partial charge in [0.1, 0.15) is 5.54 Å². The molecule has 0 radical (unpaired) electrons. The summed E-state index contributed by atoms with van der Waals surface area (Å²) in [6.45, 7) is 6.00. The van der Waals surface area contributed by atoms with Gasteiger partial charge in [0.05, 0.1) is 11.1 Å². The van der Waals surface area contributed by atoms with Crippen LogP contribution in [0.5, 0.6) is 0 Å². The van der Waals surface area contributed by atoms with Crippen LogP contribution in [0, 0.1) is 6.92 Å². The first kappa shape index (κ1) is 22.9. The number of hydrogen-bond acceptors (Lipinski definition) is 3. The standard InChI is InChI=1S/C35H29NO2/c1-22-16-18-26(19-17-22)35-29-13-7-4-10-25(29)20-21-36(35)33(24(3)38)32(23(2)37)34(35)30-14-8-5-11-27(30)28-12-6-9-15-31(28)34/h4-19H,20-21H2,1-3H3. The number of carbonyl (C=O) groups excluding carboxylic acids is 2. The molecule has 3 heteroatoms. The number of rotatable bonds is 3. The summed E-state index contributed by atoms with van der Waals surface area (Å²) in [4.78, 5) is 29.9. The van der Waals surface area contributed by atoms with Crippen LogP contribution in [0.4, 0.5) is 0 Å². The second-order valence-corrected chi connectivity index (χ2v) is 10.8. The summed E-state index contributed by atoms with van der Waals surface area (Å²) >= 11 is 0. The quantitative estimate of drug-likeness (QED) is 0.325. The van der Waals surface area contributed by atoms with Gasteiger partial charge >= 0.3 is 0 Å². The van der Waals surface area contributed by atoms with E-state index in [1.807, 2.05) is 0 Å². The molecular weight excluding hydrogens is 466 g/mol. The van der Waals surface area contributed by atoms with Crippen molar-refractivity contribution in [1.82, 2.24) is 4.90 Å². The second-order valence-electron chi connectivity index (χ2n) is 10.8. The molecule has 38 heavy (non-hydrogen) atoms. The van der Waals surface area contributed by atoms with Crippen LogP contribution in [0.3, 0.4) is 0 Å². The molecule has 0 N–H and O–H groups in total. The minimum atomic E-state index is -0.890. The Hall–Kier alpha value is -4.24. The molecule has 1 unspecified atom stereocenters. The van der Waals surface area contributed by atoms with E-state index >= 15 is 0 Å². The van der Waals surface area contributed by atoms with Crippen molar-refractivity contribution in [3.8, 4) is 11.1 Å². The van der Waals surface area contributed by atoms with Gasteiger partial charge in [0, 0.05) is 19.0 Å². The van der Waals surface area contributed by atoms with Crippen LogP contribution in [0.15, 0.2) is 108 Å². The van der Waals surface area contributed by atoms with Gasteiger partial charge in [-0.25, -0.2) is 0 Å². The first-order valence-corrected chi connectivity index (χ1v) is 13.3. The lowest BCUT2D eigenvalue weighted by atomic mass is 9.54. The van der Waals surface area contributed by atoms with E-state index in [2.05, 4.69) is 109 Å². The molecule has 0 fully saturated rings. The first-order valence-electron chi connectivity index (χ1n) is 13.3. The van der Waals surface area contributed by atoms with Gasteiger partial charge in [-0.3, -0.25) is 9.59 Å². The highest BCUT2D eigenvalue weighted by Crippen LogP contribution is 2.70. The zero-order valence-electron chi connectivity index (χ0n) is 21.9. The molecule has 2 heterocycles. The molecule has 3 aliphatic rings. The SMILES string of the molecule is CC(=O)C1=C(C(C)=O)C2(c3ccccc3-c3ccccc32)C2(c3ccc(C)cc3)c3ccccc3CCN12. The predicted octanol–water partition coefficient (Wildman–Crippen LogP) is 6.51. The van der Waals surface area contributed by atoms with E-state index in [1.54, 1.807) is 13.8 Å². The minimum absolute atomic E-state index is 0.0555. The summed E-state index contributed by atoms with van der Waals surface area (Å²) in [6, 6.07) is 34.3. The smallest absolute Gasteiger partial charge is 0.176 e. The maximum atomic E-state index is 14.0. The van der Waals surface area contributed by atoms with Gasteiger partial charge in [-0.2, -0.15) is 0 Å². The van der Waals surface area contributed by atoms with Crippen molar-refractivity contribution in [3.05, 3.63) is 142 Å². The summed E-state index contributed by atoms with van der Waals surface area (Å²) < 4.78 is 0. The number of allylic oxidation sites excluding steroid dienone is 1. The Morgan fingerprint density at radius 1 is 0.684 bits per heavy atom. The van der Waals surface area contributed by atoms with Crippen LogP contribution in [0.2, 0.25) is 0 Å². The van der Waals surface area contributed by atoms with E-state index in [0.717, 1.165) is 39.8 Å². The molecule has 4 aromatic carbocycles. The van der Waals surface area contributed by atoms with Crippen molar-refractivity contribution in [3.63, 3.8) is 0 Å². The summed E-state index contributed by atoms with van der Waals surface area (Å²) in [6.07, 6.45) is 0.811. The third kappa shape index (κ3) is 2.54. The largest absolute Gasteiger partial charge is 0.353 e. The molecule has 3 nitrogen and oxygen atoms in total. The monoisotopic (exact) mass is 495 g/mol. The Kier molecular flexibility index (Phi) is 4.75. The molecule has 0 saturated carbocycles.